The van der Waals surface area contributed by atoms with Crippen molar-refractivity contribution in [3.63, 3.8) is 0 Å². The normalized spacial score (nSPS) is 16.3. The van der Waals surface area contributed by atoms with Crippen LogP contribution in [0.4, 0.5) is 5.69 Å². The van der Waals surface area contributed by atoms with Gasteiger partial charge in [-0.25, -0.2) is 4.98 Å². The van der Waals surface area contributed by atoms with Crippen molar-refractivity contribution in [3.8, 4) is 27.7 Å². The van der Waals surface area contributed by atoms with Gasteiger partial charge >= 0.3 is 0 Å². The largest absolute Gasteiger partial charge is 0.482 e. The lowest BCUT2D eigenvalue weighted by atomic mass is 10.1. The zero-order valence-corrected chi connectivity index (χ0v) is 18.5. The second-order valence-electron chi connectivity index (χ2n) is 8.00. The van der Waals surface area contributed by atoms with Gasteiger partial charge in [-0.05, 0) is 43.2 Å². The van der Waals surface area contributed by atoms with Crippen LogP contribution in [0.1, 0.15) is 25.7 Å². The number of ether oxygens (including phenoxy) is 1. The van der Waals surface area contributed by atoms with Gasteiger partial charge in [0.05, 0.1) is 17.1 Å². The number of carbonyl (C=O) groups excluding carboxylic acids is 2. The summed E-state index contributed by atoms with van der Waals surface area (Å²) < 4.78 is 5.63. The minimum Gasteiger partial charge on any atom is -0.482 e. The SMILES string of the molecule is O=C(CN1C(=O)COc2ccc(-c3csc(-c4ccccn4)n3)cc21)N1CCCCCC1. The van der Waals surface area contributed by atoms with E-state index in [4.69, 9.17) is 9.72 Å². The average molecular weight is 449 g/mol. The molecule has 0 saturated carbocycles. The third-order valence-corrected chi connectivity index (χ3v) is 6.70. The first-order chi connectivity index (χ1) is 15.7. The Morgan fingerprint density at radius 1 is 1.06 bits per heavy atom. The molecule has 1 aromatic carbocycles. The van der Waals surface area contributed by atoms with Gasteiger partial charge in [0.1, 0.15) is 17.3 Å². The van der Waals surface area contributed by atoms with Crippen LogP contribution in [0.2, 0.25) is 0 Å². The fourth-order valence-corrected chi connectivity index (χ4v) is 4.91. The number of rotatable bonds is 4. The van der Waals surface area contributed by atoms with Crippen LogP contribution in [0, 0.1) is 0 Å². The Balaban J connectivity index is 1.41. The third-order valence-electron chi connectivity index (χ3n) is 5.84. The highest BCUT2D eigenvalue weighted by molar-refractivity contribution is 7.13. The molecule has 0 bridgehead atoms. The van der Waals surface area contributed by atoms with Gasteiger partial charge in [0.15, 0.2) is 6.61 Å². The molecule has 0 N–H and O–H groups in total. The Labute approximate surface area is 190 Å². The van der Waals surface area contributed by atoms with Crippen molar-refractivity contribution in [2.24, 2.45) is 0 Å². The van der Waals surface area contributed by atoms with E-state index >= 15 is 0 Å². The molecule has 8 heteroatoms. The highest BCUT2D eigenvalue weighted by Gasteiger charge is 2.29. The quantitative estimate of drug-likeness (QED) is 0.603. The number of thiazole rings is 1. The Morgan fingerprint density at radius 3 is 2.69 bits per heavy atom. The first-order valence-electron chi connectivity index (χ1n) is 10.9. The Morgan fingerprint density at radius 2 is 1.91 bits per heavy atom. The molecule has 2 amide bonds. The van der Waals surface area contributed by atoms with Crippen LogP contribution in [0.5, 0.6) is 5.75 Å². The van der Waals surface area contributed by atoms with Gasteiger partial charge in [-0.15, -0.1) is 11.3 Å². The van der Waals surface area contributed by atoms with Crippen molar-refractivity contribution < 1.29 is 14.3 Å². The van der Waals surface area contributed by atoms with Crippen LogP contribution in [0.25, 0.3) is 22.0 Å². The van der Waals surface area contributed by atoms with E-state index in [1.807, 2.05) is 46.7 Å². The van der Waals surface area contributed by atoms with Crippen molar-refractivity contribution in [1.29, 1.82) is 0 Å². The lowest BCUT2D eigenvalue weighted by Crippen LogP contribution is -2.46. The molecule has 1 fully saturated rings. The number of anilines is 1. The Hall–Kier alpha value is -3.26. The van der Waals surface area contributed by atoms with Gasteiger partial charge < -0.3 is 9.64 Å². The van der Waals surface area contributed by atoms with E-state index in [0.717, 1.165) is 60.7 Å². The molecule has 5 rings (SSSR count). The molecule has 2 aliphatic heterocycles. The van der Waals surface area contributed by atoms with Crippen LogP contribution in [-0.2, 0) is 9.59 Å². The molecule has 4 heterocycles. The van der Waals surface area contributed by atoms with Crippen LogP contribution in [0.3, 0.4) is 0 Å². The number of pyridine rings is 1. The third kappa shape index (κ3) is 4.23. The summed E-state index contributed by atoms with van der Waals surface area (Å²) in [6.45, 7) is 1.51. The van der Waals surface area contributed by atoms with E-state index in [0.29, 0.717) is 11.4 Å². The number of carbonyl (C=O) groups is 2. The summed E-state index contributed by atoms with van der Waals surface area (Å²) >= 11 is 1.52. The van der Waals surface area contributed by atoms with Crippen LogP contribution in [0.15, 0.2) is 48.0 Å². The summed E-state index contributed by atoms with van der Waals surface area (Å²) in [4.78, 5) is 38.2. The van der Waals surface area contributed by atoms with Gasteiger partial charge in [-0.1, -0.05) is 18.9 Å². The Kier molecular flexibility index (Phi) is 5.85. The maximum atomic E-state index is 13.0. The summed E-state index contributed by atoms with van der Waals surface area (Å²) in [5.74, 6) is 0.395. The summed E-state index contributed by atoms with van der Waals surface area (Å²) in [5.41, 5.74) is 3.11. The summed E-state index contributed by atoms with van der Waals surface area (Å²) in [6, 6.07) is 11.4. The number of hydrogen-bond donors (Lipinski definition) is 0. The van der Waals surface area contributed by atoms with Gasteiger partial charge in [0.25, 0.3) is 5.91 Å². The van der Waals surface area contributed by atoms with Crippen molar-refractivity contribution in [3.05, 3.63) is 48.0 Å². The molecule has 2 aliphatic rings. The zero-order valence-electron chi connectivity index (χ0n) is 17.7. The first-order valence-corrected chi connectivity index (χ1v) is 11.8. The predicted molar refractivity (Wildman–Crippen MR) is 124 cm³/mol. The standard InChI is InChI=1S/C24H24N4O3S/c29-22(27-11-5-1-2-6-12-27)14-28-20-13-17(8-9-21(20)31-15-23(28)30)19-16-32-24(26-19)18-7-3-4-10-25-18/h3-4,7-10,13,16H,1-2,5-6,11-12,14-15H2. The fraction of sp³-hybridized carbons (Fsp3) is 0.333. The molecule has 0 spiro atoms. The smallest absolute Gasteiger partial charge is 0.265 e. The highest BCUT2D eigenvalue weighted by atomic mass is 32.1. The number of amides is 2. The maximum absolute atomic E-state index is 13.0. The Bertz CT molecular complexity index is 1120. The lowest BCUT2D eigenvalue weighted by Gasteiger charge is -2.31. The van der Waals surface area contributed by atoms with Gasteiger partial charge in [-0.2, -0.15) is 0 Å². The van der Waals surface area contributed by atoms with Crippen molar-refractivity contribution in [2.75, 3.05) is 31.1 Å². The van der Waals surface area contributed by atoms with Crippen molar-refractivity contribution in [1.82, 2.24) is 14.9 Å². The predicted octanol–water partition coefficient (Wildman–Crippen LogP) is 4.00. The molecule has 0 radical (unpaired) electrons. The number of aromatic nitrogens is 2. The van der Waals surface area contributed by atoms with E-state index in [-0.39, 0.29) is 25.0 Å². The van der Waals surface area contributed by atoms with E-state index in [1.54, 1.807) is 11.1 Å². The lowest BCUT2D eigenvalue weighted by molar-refractivity contribution is -0.132. The molecule has 164 valence electrons. The van der Waals surface area contributed by atoms with Crippen LogP contribution < -0.4 is 9.64 Å². The number of hydrogen-bond acceptors (Lipinski definition) is 6. The minimum atomic E-state index is -0.203. The molecule has 0 aliphatic carbocycles. The summed E-state index contributed by atoms with van der Waals surface area (Å²) in [5, 5.41) is 2.81. The molecular formula is C24H24N4O3S. The number of fused-ring (bicyclic) bond motifs is 1. The molecule has 0 atom stereocenters. The fourth-order valence-electron chi connectivity index (χ4n) is 4.10. The van der Waals surface area contributed by atoms with Crippen molar-refractivity contribution in [2.45, 2.75) is 25.7 Å². The maximum Gasteiger partial charge on any atom is 0.265 e. The van der Waals surface area contributed by atoms with Crippen LogP contribution >= 0.6 is 11.3 Å². The van der Waals surface area contributed by atoms with E-state index < -0.39 is 0 Å². The van der Waals surface area contributed by atoms with E-state index in [1.165, 1.54) is 11.3 Å². The van der Waals surface area contributed by atoms with E-state index in [9.17, 15) is 9.59 Å². The second-order valence-corrected chi connectivity index (χ2v) is 8.86. The van der Waals surface area contributed by atoms with Gasteiger partial charge in [0.2, 0.25) is 5.91 Å². The van der Waals surface area contributed by atoms with Gasteiger partial charge in [0, 0.05) is 30.2 Å². The summed E-state index contributed by atoms with van der Waals surface area (Å²) in [6.07, 6.45) is 6.09. The number of nitrogens with zero attached hydrogens (tertiary/aromatic N) is 4. The monoisotopic (exact) mass is 448 g/mol. The van der Waals surface area contributed by atoms with E-state index in [2.05, 4.69) is 4.98 Å². The minimum absolute atomic E-state index is 0.00963. The molecule has 32 heavy (non-hydrogen) atoms. The topological polar surface area (TPSA) is 75.6 Å². The highest BCUT2D eigenvalue weighted by Crippen LogP contribution is 2.37. The average Bonchev–Trinajstić information content (AvgIpc) is 3.16. The van der Waals surface area contributed by atoms with Crippen LogP contribution in [-0.4, -0.2) is 52.9 Å². The summed E-state index contributed by atoms with van der Waals surface area (Å²) in [7, 11) is 0. The number of likely N-dealkylation sites (tertiary alicyclic amines) is 1. The van der Waals surface area contributed by atoms with Crippen molar-refractivity contribution >= 4 is 28.8 Å². The first kappa shape index (κ1) is 20.6. The molecular weight excluding hydrogens is 424 g/mol. The zero-order chi connectivity index (χ0) is 21.9. The number of benzene rings is 1. The molecule has 2 aromatic heterocycles. The van der Waals surface area contributed by atoms with Gasteiger partial charge in [-0.3, -0.25) is 19.5 Å². The second kappa shape index (κ2) is 9.08. The molecule has 3 aromatic rings. The molecule has 1 saturated heterocycles. The molecule has 7 nitrogen and oxygen atoms in total. The molecule has 0 unspecified atom stereocenters.